The van der Waals surface area contributed by atoms with Crippen LogP contribution >= 0.6 is 11.6 Å². The zero-order valence-electron chi connectivity index (χ0n) is 14.9. The Morgan fingerprint density at radius 3 is 2.72 bits per heavy atom. The summed E-state index contributed by atoms with van der Waals surface area (Å²) in [5.41, 5.74) is -3.67. The minimum Gasteiger partial charge on any atom is -0.470 e. The average Bonchev–Trinajstić information content (AvgIpc) is 3.27. The second-order valence-electron chi connectivity index (χ2n) is 6.31. The lowest BCUT2D eigenvalue weighted by molar-refractivity contribution is -0.164. The van der Waals surface area contributed by atoms with Crippen LogP contribution in [0.3, 0.4) is 0 Å². The lowest BCUT2D eigenvalue weighted by atomic mass is 10.1. The molecule has 0 radical (unpaired) electrons. The first-order valence-electron chi connectivity index (χ1n) is 8.25. The molecule has 12 heteroatoms. The van der Waals surface area contributed by atoms with Crippen LogP contribution in [0.5, 0.6) is 5.75 Å². The molecule has 3 rings (SSSR count). The van der Waals surface area contributed by atoms with E-state index in [0.717, 1.165) is 11.6 Å². The Kier molecular flexibility index (Phi) is 5.80. The Labute approximate surface area is 167 Å². The number of aryl methyl sites for hydroxylation is 1. The number of nitrogens with zero attached hydrogens (tertiary/aromatic N) is 4. The van der Waals surface area contributed by atoms with Crippen molar-refractivity contribution in [2.45, 2.75) is 38.7 Å². The Morgan fingerprint density at radius 2 is 2.07 bits per heavy atom. The van der Waals surface area contributed by atoms with Gasteiger partial charge in [0.1, 0.15) is 11.5 Å². The minimum absolute atomic E-state index is 0.0515. The largest absolute Gasteiger partial charge is 0.470 e. The van der Waals surface area contributed by atoms with E-state index in [4.69, 9.17) is 16.3 Å². The molecule has 29 heavy (non-hydrogen) atoms. The highest BCUT2D eigenvalue weighted by Crippen LogP contribution is 2.34. The molecular weight excluding hydrogens is 420 g/mol. The third-order valence-electron chi connectivity index (χ3n) is 4.13. The number of aliphatic hydroxyl groups is 1. The molecule has 1 aromatic carbocycles. The number of rotatable bonds is 6. The summed E-state index contributed by atoms with van der Waals surface area (Å²) in [6, 6.07) is 6.27. The number of hydrogen-bond donors (Lipinski definition) is 1. The molecule has 1 aliphatic heterocycles. The summed E-state index contributed by atoms with van der Waals surface area (Å²) in [6.07, 6.45) is -6.56. The lowest BCUT2D eigenvalue weighted by Gasteiger charge is -2.29. The summed E-state index contributed by atoms with van der Waals surface area (Å²) in [5, 5.41) is 17.4. The van der Waals surface area contributed by atoms with Crippen molar-refractivity contribution in [2.75, 3.05) is 0 Å². The standard InChI is InChI=1S/C17H15ClF4N4O3/c1-9-2-3-10(18)13(6-9)29-8-25-5-4-11(23-25)15(27)26-17(28,16(21)22)7-12(24-26)14(19)20/h2-6,14,16,28H,7-8H2,1H3. The Hall–Kier alpha value is -2.66. The quantitative estimate of drug-likeness (QED) is 0.707. The van der Waals surface area contributed by atoms with Gasteiger partial charge in [-0.05, 0) is 30.7 Å². The number of hydrogen-bond acceptors (Lipinski definition) is 5. The molecule has 2 heterocycles. The zero-order chi connectivity index (χ0) is 21.3. The second kappa shape index (κ2) is 7.99. The molecule has 0 saturated heterocycles. The number of alkyl halides is 4. The van der Waals surface area contributed by atoms with Gasteiger partial charge >= 0.3 is 0 Å². The van der Waals surface area contributed by atoms with Crippen LogP contribution in [0.1, 0.15) is 22.5 Å². The summed E-state index contributed by atoms with van der Waals surface area (Å²) in [7, 11) is 0. The monoisotopic (exact) mass is 434 g/mol. The van der Waals surface area contributed by atoms with Crippen molar-refractivity contribution >= 4 is 23.2 Å². The van der Waals surface area contributed by atoms with Crippen LogP contribution in [0.25, 0.3) is 0 Å². The normalized spacial score (nSPS) is 19.2. The van der Waals surface area contributed by atoms with Crippen molar-refractivity contribution in [3.63, 3.8) is 0 Å². The zero-order valence-corrected chi connectivity index (χ0v) is 15.7. The van der Waals surface area contributed by atoms with Gasteiger partial charge in [-0.3, -0.25) is 4.79 Å². The number of halogens is 5. The van der Waals surface area contributed by atoms with E-state index in [9.17, 15) is 27.5 Å². The SMILES string of the molecule is Cc1ccc(Cl)c(OCn2ccc(C(=O)N3N=C(C(F)F)CC3(O)C(F)F)n2)c1. The van der Waals surface area contributed by atoms with Crippen molar-refractivity contribution in [3.8, 4) is 5.75 Å². The van der Waals surface area contributed by atoms with Crippen LogP contribution < -0.4 is 4.74 Å². The van der Waals surface area contributed by atoms with Gasteiger partial charge in [0.25, 0.3) is 18.8 Å². The minimum atomic E-state index is -3.51. The van der Waals surface area contributed by atoms with Gasteiger partial charge in [-0.1, -0.05) is 17.7 Å². The lowest BCUT2D eigenvalue weighted by Crippen LogP contribution is -2.51. The topological polar surface area (TPSA) is 80.0 Å². The van der Waals surface area contributed by atoms with Crippen LogP contribution in [0.2, 0.25) is 5.02 Å². The third-order valence-corrected chi connectivity index (χ3v) is 4.44. The predicted molar refractivity (Wildman–Crippen MR) is 94.2 cm³/mol. The molecule has 1 atom stereocenters. The maximum Gasteiger partial charge on any atom is 0.297 e. The highest BCUT2D eigenvalue weighted by atomic mass is 35.5. The summed E-state index contributed by atoms with van der Waals surface area (Å²) >= 11 is 6.01. The van der Waals surface area contributed by atoms with Gasteiger partial charge in [-0.25, -0.2) is 22.2 Å². The maximum atomic E-state index is 13.3. The van der Waals surface area contributed by atoms with Gasteiger partial charge < -0.3 is 9.84 Å². The molecule has 0 aliphatic carbocycles. The van der Waals surface area contributed by atoms with E-state index in [1.54, 1.807) is 18.2 Å². The second-order valence-corrected chi connectivity index (χ2v) is 6.72. The van der Waals surface area contributed by atoms with Gasteiger partial charge in [-0.2, -0.15) is 15.2 Å². The molecule has 0 spiro atoms. The molecule has 1 unspecified atom stereocenters. The van der Waals surface area contributed by atoms with Crippen molar-refractivity contribution < 1.29 is 32.2 Å². The summed E-state index contributed by atoms with van der Waals surface area (Å²) in [6.45, 7) is 1.67. The Balaban J connectivity index is 1.76. The van der Waals surface area contributed by atoms with Gasteiger partial charge in [0.2, 0.25) is 5.72 Å². The molecule has 156 valence electrons. The van der Waals surface area contributed by atoms with Gasteiger partial charge in [-0.15, -0.1) is 0 Å². The van der Waals surface area contributed by atoms with Crippen LogP contribution in [0.15, 0.2) is 35.6 Å². The number of benzene rings is 1. The van der Waals surface area contributed by atoms with Crippen molar-refractivity contribution in [3.05, 3.63) is 46.7 Å². The maximum absolute atomic E-state index is 13.3. The first kappa shape index (κ1) is 21.1. The highest BCUT2D eigenvalue weighted by Gasteiger charge is 2.53. The first-order chi connectivity index (χ1) is 13.6. The molecule has 0 fully saturated rings. The van der Waals surface area contributed by atoms with E-state index in [1.807, 2.05) is 6.92 Å². The summed E-state index contributed by atoms with van der Waals surface area (Å²) in [4.78, 5) is 12.5. The Bertz CT molecular complexity index is 953. The van der Waals surface area contributed by atoms with E-state index >= 15 is 0 Å². The van der Waals surface area contributed by atoms with Gasteiger partial charge in [0.05, 0.1) is 5.02 Å². The van der Waals surface area contributed by atoms with Crippen molar-refractivity contribution in [1.82, 2.24) is 14.8 Å². The molecule has 7 nitrogen and oxygen atoms in total. The fourth-order valence-corrected chi connectivity index (χ4v) is 2.79. The van der Waals surface area contributed by atoms with Crippen LogP contribution in [0.4, 0.5) is 17.6 Å². The van der Waals surface area contributed by atoms with E-state index in [0.29, 0.717) is 10.8 Å². The number of ether oxygens (including phenoxy) is 1. The summed E-state index contributed by atoms with van der Waals surface area (Å²) < 4.78 is 58.8. The highest BCUT2D eigenvalue weighted by molar-refractivity contribution is 6.32. The molecule has 0 saturated carbocycles. The molecule has 1 aromatic heterocycles. The molecular formula is C17H15ClF4N4O3. The van der Waals surface area contributed by atoms with Crippen molar-refractivity contribution in [1.29, 1.82) is 0 Å². The number of carbonyl (C=O) groups excluding carboxylic acids is 1. The Morgan fingerprint density at radius 1 is 1.34 bits per heavy atom. The third kappa shape index (κ3) is 4.20. The first-order valence-corrected chi connectivity index (χ1v) is 8.62. The number of amides is 1. The van der Waals surface area contributed by atoms with Crippen molar-refractivity contribution in [2.24, 2.45) is 5.10 Å². The number of hydrazone groups is 1. The average molecular weight is 435 g/mol. The van der Waals surface area contributed by atoms with E-state index in [1.165, 1.54) is 10.9 Å². The summed E-state index contributed by atoms with van der Waals surface area (Å²) in [5.74, 6) is -0.886. The van der Waals surface area contributed by atoms with Crippen LogP contribution in [-0.4, -0.2) is 50.1 Å². The molecule has 1 N–H and O–H groups in total. The van der Waals surface area contributed by atoms with Gasteiger partial charge in [0.15, 0.2) is 12.4 Å². The van der Waals surface area contributed by atoms with E-state index < -0.39 is 36.6 Å². The smallest absolute Gasteiger partial charge is 0.297 e. The van der Waals surface area contributed by atoms with E-state index in [2.05, 4.69) is 10.2 Å². The van der Waals surface area contributed by atoms with Crippen LogP contribution in [-0.2, 0) is 6.73 Å². The number of aromatic nitrogens is 2. The van der Waals surface area contributed by atoms with Gasteiger partial charge in [0, 0.05) is 12.6 Å². The number of carbonyl (C=O) groups is 1. The van der Waals surface area contributed by atoms with Crippen LogP contribution in [0, 0.1) is 6.92 Å². The van der Waals surface area contributed by atoms with E-state index in [-0.39, 0.29) is 17.4 Å². The molecule has 0 bridgehead atoms. The molecule has 2 aromatic rings. The molecule has 1 aliphatic rings. The molecule has 1 amide bonds. The predicted octanol–water partition coefficient (Wildman–Crippen LogP) is 3.30. The fraction of sp³-hybridized carbons (Fsp3) is 0.353. The fourth-order valence-electron chi connectivity index (χ4n) is 2.62.